The SMILES string of the molecule is CC(=O)Cc1nc2n(c1C)CCS2. The smallest absolute Gasteiger partial charge is 0.168 e. The molecule has 0 saturated heterocycles. The Morgan fingerprint density at radius 3 is 3.08 bits per heavy atom. The van der Waals surface area contributed by atoms with Gasteiger partial charge >= 0.3 is 0 Å². The van der Waals surface area contributed by atoms with Gasteiger partial charge in [-0.2, -0.15) is 0 Å². The monoisotopic (exact) mass is 196 g/mol. The Morgan fingerprint density at radius 2 is 2.46 bits per heavy atom. The molecule has 0 spiro atoms. The lowest BCUT2D eigenvalue weighted by molar-refractivity contribution is -0.116. The number of aromatic nitrogens is 2. The lowest BCUT2D eigenvalue weighted by atomic mass is 10.2. The third-order valence-electron chi connectivity index (χ3n) is 2.25. The van der Waals surface area contributed by atoms with Crippen LogP contribution in [-0.4, -0.2) is 21.1 Å². The molecule has 0 aromatic carbocycles. The van der Waals surface area contributed by atoms with E-state index in [1.165, 1.54) is 0 Å². The number of thioether (sulfide) groups is 1. The molecule has 4 heteroatoms. The van der Waals surface area contributed by atoms with E-state index >= 15 is 0 Å². The van der Waals surface area contributed by atoms with Gasteiger partial charge in [-0.1, -0.05) is 11.8 Å². The third kappa shape index (κ3) is 1.50. The summed E-state index contributed by atoms with van der Waals surface area (Å²) in [6, 6.07) is 0. The molecule has 2 rings (SSSR count). The Morgan fingerprint density at radius 1 is 1.69 bits per heavy atom. The fraction of sp³-hybridized carbons (Fsp3) is 0.556. The Labute approximate surface area is 81.5 Å². The molecule has 1 aromatic rings. The van der Waals surface area contributed by atoms with E-state index in [9.17, 15) is 4.79 Å². The van der Waals surface area contributed by atoms with Crippen LogP contribution in [0, 0.1) is 6.92 Å². The Hall–Kier alpha value is -0.770. The van der Waals surface area contributed by atoms with E-state index in [0.29, 0.717) is 6.42 Å². The predicted molar refractivity (Wildman–Crippen MR) is 52.1 cm³/mol. The van der Waals surface area contributed by atoms with Crippen molar-refractivity contribution in [2.75, 3.05) is 5.75 Å². The van der Waals surface area contributed by atoms with E-state index in [2.05, 4.69) is 9.55 Å². The highest BCUT2D eigenvalue weighted by Gasteiger charge is 2.19. The number of hydrogen-bond donors (Lipinski definition) is 0. The standard InChI is InChI=1S/C9H12N2OS/c1-6(12)5-8-7(2)11-3-4-13-9(11)10-8/h3-5H2,1-2H3. The maximum atomic E-state index is 10.9. The van der Waals surface area contributed by atoms with Gasteiger partial charge in [0.25, 0.3) is 0 Å². The van der Waals surface area contributed by atoms with Gasteiger partial charge in [-0.25, -0.2) is 4.98 Å². The van der Waals surface area contributed by atoms with Gasteiger partial charge in [-0.3, -0.25) is 4.79 Å². The van der Waals surface area contributed by atoms with Crippen molar-refractivity contribution in [1.29, 1.82) is 0 Å². The summed E-state index contributed by atoms with van der Waals surface area (Å²) in [5.41, 5.74) is 2.12. The molecular formula is C9H12N2OS. The van der Waals surface area contributed by atoms with Crippen molar-refractivity contribution < 1.29 is 4.79 Å². The van der Waals surface area contributed by atoms with E-state index < -0.39 is 0 Å². The second-order valence-corrected chi connectivity index (χ2v) is 4.37. The molecule has 0 radical (unpaired) electrons. The Kier molecular flexibility index (Phi) is 2.15. The van der Waals surface area contributed by atoms with Crippen LogP contribution in [0.15, 0.2) is 5.16 Å². The molecule has 0 aliphatic carbocycles. The maximum absolute atomic E-state index is 10.9. The zero-order valence-corrected chi connectivity index (χ0v) is 8.65. The number of fused-ring (bicyclic) bond motifs is 1. The van der Waals surface area contributed by atoms with Crippen LogP contribution in [0.25, 0.3) is 0 Å². The van der Waals surface area contributed by atoms with Gasteiger partial charge in [-0.05, 0) is 13.8 Å². The summed E-state index contributed by atoms with van der Waals surface area (Å²) in [6.07, 6.45) is 0.479. The average Bonchev–Trinajstić information content (AvgIpc) is 2.56. The Balaban J connectivity index is 2.33. The van der Waals surface area contributed by atoms with Crippen LogP contribution >= 0.6 is 11.8 Å². The number of ketones is 1. The van der Waals surface area contributed by atoms with E-state index in [0.717, 1.165) is 28.8 Å². The first kappa shape index (κ1) is 8.81. The van der Waals surface area contributed by atoms with Crippen LogP contribution in [0.2, 0.25) is 0 Å². The molecule has 70 valence electrons. The third-order valence-corrected chi connectivity index (χ3v) is 3.20. The summed E-state index contributed by atoms with van der Waals surface area (Å²) in [5, 5.41) is 1.08. The van der Waals surface area contributed by atoms with E-state index in [4.69, 9.17) is 0 Å². The minimum atomic E-state index is 0.185. The molecule has 1 aliphatic heterocycles. The molecular weight excluding hydrogens is 184 g/mol. The highest BCUT2D eigenvalue weighted by molar-refractivity contribution is 7.99. The van der Waals surface area contributed by atoms with Gasteiger partial charge < -0.3 is 4.57 Å². The first-order valence-electron chi connectivity index (χ1n) is 4.36. The van der Waals surface area contributed by atoms with Gasteiger partial charge in [0.05, 0.1) is 12.1 Å². The lowest BCUT2D eigenvalue weighted by Crippen LogP contribution is -2.01. The fourth-order valence-electron chi connectivity index (χ4n) is 1.56. The normalized spacial score (nSPS) is 14.6. The zero-order valence-electron chi connectivity index (χ0n) is 7.83. The minimum Gasteiger partial charge on any atom is -0.322 e. The molecule has 0 N–H and O–H groups in total. The zero-order chi connectivity index (χ0) is 9.42. The molecule has 0 amide bonds. The summed E-state index contributed by atoms with van der Waals surface area (Å²) in [4.78, 5) is 15.4. The number of hydrogen-bond acceptors (Lipinski definition) is 3. The second-order valence-electron chi connectivity index (χ2n) is 3.31. The first-order valence-corrected chi connectivity index (χ1v) is 5.35. The Bertz CT molecular complexity index is 357. The first-order chi connectivity index (χ1) is 6.18. The maximum Gasteiger partial charge on any atom is 0.168 e. The van der Waals surface area contributed by atoms with Gasteiger partial charge in [0.1, 0.15) is 5.78 Å². The summed E-state index contributed by atoms with van der Waals surface area (Å²) in [6.45, 7) is 4.69. The molecule has 0 bridgehead atoms. The van der Waals surface area contributed by atoms with Crippen LogP contribution in [0.4, 0.5) is 0 Å². The molecule has 0 atom stereocenters. The van der Waals surface area contributed by atoms with Crippen LogP contribution in [-0.2, 0) is 17.8 Å². The predicted octanol–water partition coefficient (Wildman–Crippen LogP) is 1.43. The van der Waals surface area contributed by atoms with Gasteiger partial charge in [0, 0.05) is 18.0 Å². The van der Waals surface area contributed by atoms with Crippen LogP contribution in [0.3, 0.4) is 0 Å². The topological polar surface area (TPSA) is 34.9 Å². The molecule has 0 fully saturated rings. The molecule has 2 heterocycles. The summed E-state index contributed by atoms with van der Waals surface area (Å²) in [5.74, 6) is 1.30. The summed E-state index contributed by atoms with van der Waals surface area (Å²) < 4.78 is 2.20. The fourth-order valence-corrected chi connectivity index (χ4v) is 2.58. The summed E-state index contributed by atoms with van der Waals surface area (Å²) in [7, 11) is 0. The van der Waals surface area contributed by atoms with E-state index in [1.807, 2.05) is 6.92 Å². The van der Waals surface area contributed by atoms with Crippen molar-refractivity contribution in [3.8, 4) is 0 Å². The quantitative estimate of drug-likeness (QED) is 0.717. The van der Waals surface area contributed by atoms with Crippen LogP contribution < -0.4 is 0 Å². The second kappa shape index (κ2) is 3.18. The van der Waals surface area contributed by atoms with Crippen molar-refractivity contribution in [1.82, 2.24) is 9.55 Å². The number of Topliss-reactive ketones (excluding diaryl/α,β-unsaturated/α-hetero) is 1. The highest BCUT2D eigenvalue weighted by Crippen LogP contribution is 2.27. The number of imidazole rings is 1. The molecule has 0 unspecified atom stereocenters. The minimum absolute atomic E-state index is 0.185. The number of carbonyl (C=O) groups is 1. The van der Waals surface area contributed by atoms with Crippen LogP contribution in [0.5, 0.6) is 0 Å². The molecule has 1 aliphatic rings. The number of rotatable bonds is 2. The van der Waals surface area contributed by atoms with Crippen molar-refractivity contribution in [3.05, 3.63) is 11.4 Å². The van der Waals surface area contributed by atoms with Crippen molar-refractivity contribution in [3.63, 3.8) is 0 Å². The van der Waals surface area contributed by atoms with E-state index in [-0.39, 0.29) is 5.78 Å². The van der Waals surface area contributed by atoms with Crippen molar-refractivity contribution in [2.24, 2.45) is 0 Å². The van der Waals surface area contributed by atoms with Gasteiger partial charge in [0.15, 0.2) is 5.16 Å². The van der Waals surface area contributed by atoms with E-state index in [1.54, 1.807) is 18.7 Å². The molecule has 1 aromatic heterocycles. The van der Waals surface area contributed by atoms with Gasteiger partial charge in [0.2, 0.25) is 0 Å². The summed E-state index contributed by atoms with van der Waals surface area (Å²) >= 11 is 1.77. The highest BCUT2D eigenvalue weighted by atomic mass is 32.2. The molecule has 0 saturated carbocycles. The number of nitrogens with zero attached hydrogens (tertiary/aromatic N) is 2. The van der Waals surface area contributed by atoms with Crippen LogP contribution in [0.1, 0.15) is 18.3 Å². The van der Waals surface area contributed by atoms with Crippen molar-refractivity contribution in [2.45, 2.75) is 32.0 Å². The average molecular weight is 196 g/mol. The molecule has 3 nitrogen and oxygen atoms in total. The molecule has 13 heavy (non-hydrogen) atoms. The van der Waals surface area contributed by atoms with Crippen molar-refractivity contribution >= 4 is 17.5 Å². The number of carbonyl (C=O) groups excluding carboxylic acids is 1. The largest absolute Gasteiger partial charge is 0.322 e. The van der Waals surface area contributed by atoms with Gasteiger partial charge in [-0.15, -0.1) is 0 Å². The lowest BCUT2D eigenvalue weighted by Gasteiger charge is -1.98.